The van der Waals surface area contributed by atoms with Crippen LogP contribution in [0.2, 0.25) is 0 Å². The first-order valence-electron chi connectivity index (χ1n) is 10.6. The molecule has 3 N–H and O–H groups in total. The van der Waals surface area contributed by atoms with Crippen LogP contribution in [0.4, 0.5) is 11.4 Å². The first-order valence-corrected chi connectivity index (χ1v) is 10.6. The Morgan fingerprint density at radius 3 is 2.82 bits per heavy atom. The number of rotatable bonds is 5. The summed E-state index contributed by atoms with van der Waals surface area (Å²) < 4.78 is 0. The number of pyridine rings is 1. The van der Waals surface area contributed by atoms with E-state index < -0.39 is 11.9 Å². The Balaban J connectivity index is 1.26. The van der Waals surface area contributed by atoms with Gasteiger partial charge in [-0.1, -0.05) is 24.3 Å². The van der Waals surface area contributed by atoms with Crippen LogP contribution in [-0.2, 0) is 20.9 Å². The lowest BCUT2D eigenvalue weighted by Gasteiger charge is -2.29. The highest BCUT2D eigenvalue weighted by molar-refractivity contribution is 6.06. The Kier molecular flexibility index (Phi) is 5.21. The lowest BCUT2D eigenvalue weighted by molar-refractivity contribution is -0.137. The van der Waals surface area contributed by atoms with E-state index in [4.69, 9.17) is 0 Å². The van der Waals surface area contributed by atoms with E-state index in [1.54, 1.807) is 24.4 Å². The topological polar surface area (TPSA) is 120 Å². The molecule has 1 saturated heterocycles. The van der Waals surface area contributed by atoms with Crippen LogP contribution in [0.1, 0.15) is 28.8 Å². The Morgan fingerprint density at radius 2 is 1.97 bits per heavy atom. The van der Waals surface area contributed by atoms with Crippen molar-refractivity contribution in [1.82, 2.24) is 15.2 Å². The maximum atomic E-state index is 12.9. The molecule has 0 bridgehead atoms. The minimum atomic E-state index is -0.681. The van der Waals surface area contributed by atoms with Gasteiger partial charge in [-0.15, -0.1) is 0 Å². The number of carbonyl (C=O) groups is 4. The number of imide groups is 1. The van der Waals surface area contributed by atoms with Crippen molar-refractivity contribution in [2.45, 2.75) is 25.4 Å². The second-order valence-electron chi connectivity index (χ2n) is 8.05. The quantitative estimate of drug-likeness (QED) is 0.519. The molecule has 2 aliphatic rings. The van der Waals surface area contributed by atoms with Crippen molar-refractivity contribution < 1.29 is 19.2 Å². The summed E-state index contributed by atoms with van der Waals surface area (Å²) in [5.74, 6) is -1.29. The van der Waals surface area contributed by atoms with E-state index in [1.807, 2.05) is 30.3 Å². The maximum absolute atomic E-state index is 12.9. The summed E-state index contributed by atoms with van der Waals surface area (Å²) in [7, 11) is 0. The number of nitrogens with one attached hydrogen (secondary N) is 3. The van der Waals surface area contributed by atoms with E-state index in [0.29, 0.717) is 23.4 Å². The molecule has 1 unspecified atom stereocenters. The zero-order chi connectivity index (χ0) is 22.9. The van der Waals surface area contributed by atoms with Crippen molar-refractivity contribution in [2.24, 2.45) is 0 Å². The van der Waals surface area contributed by atoms with Crippen LogP contribution >= 0.6 is 0 Å². The third-order valence-electron chi connectivity index (χ3n) is 5.90. The lowest BCUT2D eigenvalue weighted by Crippen LogP contribution is -2.52. The summed E-state index contributed by atoms with van der Waals surface area (Å²) in [4.78, 5) is 54.9. The molecule has 1 atom stereocenters. The normalized spacial score (nSPS) is 17.6. The molecule has 33 heavy (non-hydrogen) atoms. The Bertz CT molecular complexity index is 1310. The highest BCUT2D eigenvalue weighted by Crippen LogP contribution is 2.32. The van der Waals surface area contributed by atoms with Crippen LogP contribution in [0.25, 0.3) is 10.9 Å². The second kappa shape index (κ2) is 8.34. The van der Waals surface area contributed by atoms with Crippen molar-refractivity contribution >= 4 is 45.9 Å². The van der Waals surface area contributed by atoms with Crippen LogP contribution in [0, 0.1) is 0 Å². The van der Waals surface area contributed by atoms with Crippen molar-refractivity contribution in [3.8, 4) is 0 Å². The minimum Gasteiger partial charge on any atom is -0.376 e. The molecule has 0 spiro atoms. The van der Waals surface area contributed by atoms with Crippen molar-refractivity contribution in [3.05, 3.63) is 65.9 Å². The fourth-order valence-electron chi connectivity index (χ4n) is 4.27. The Hall–Kier alpha value is -4.27. The van der Waals surface area contributed by atoms with Crippen LogP contribution in [0.3, 0.4) is 0 Å². The summed E-state index contributed by atoms with van der Waals surface area (Å²) in [6.07, 6.45) is 2.11. The number of anilines is 2. The predicted octanol–water partition coefficient (Wildman–Crippen LogP) is 2.05. The van der Waals surface area contributed by atoms with Crippen molar-refractivity contribution in [2.75, 3.05) is 17.2 Å². The van der Waals surface area contributed by atoms with Crippen LogP contribution in [0.15, 0.2) is 54.7 Å². The van der Waals surface area contributed by atoms with Crippen molar-refractivity contribution in [3.63, 3.8) is 0 Å². The van der Waals surface area contributed by atoms with Gasteiger partial charge in [-0.25, -0.2) is 0 Å². The number of amides is 4. The van der Waals surface area contributed by atoms with Gasteiger partial charge in [0, 0.05) is 35.2 Å². The number of carbonyl (C=O) groups excluding carboxylic acids is 4. The van der Waals surface area contributed by atoms with Gasteiger partial charge >= 0.3 is 0 Å². The van der Waals surface area contributed by atoms with E-state index in [2.05, 4.69) is 20.9 Å². The Labute approximate surface area is 189 Å². The standard InChI is InChI=1S/C24H21N5O4/c30-21-9-8-20(23(32)28-21)29-13-17-16(24(29)33)5-3-7-19(17)26-12-22(31)27-15-10-14-4-1-2-6-18(14)25-11-15/h1-7,10-11,20,26H,8-9,12-13H2,(H,27,31)(H,28,30,32). The minimum absolute atomic E-state index is 0.00408. The highest BCUT2D eigenvalue weighted by atomic mass is 16.2. The van der Waals surface area contributed by atoms with Gasteiger partial charge in [-0.3, -0.25) is 29.5 Å². The van der Waals surface area contributed by atoms with E-state index in [0.717, 1.165) is 16.5 Å². The lowest BCUT2D eigenvalue weighted by atomic mass is 10.0. The predicted molar refractivity (Wildman–Crippen MR) is 121 cm³/mol. The summed E-state index contributed by atoms with van der Waals surface area (Å²) >= 11 is 0. The summed E-state index contributed by atoms with van der Waals surface area (Å²) in [5.41, 5.74) is 3.32. The smallest absolute Gasteiger partial charge is 0.255 e. The number of para-hydroxylation sites is 1. The second-order valence-corrected chi connectivity index (χ2v) is 8.05. The first kappa shape index (κ1) is 20.6. The fraction of sp³-hybridized carbons (Fsp3) is 0.208. The molecule has 0 radical (unpaired) electrons. The summed E-state index contributed by atoms with van der Waals surface area (Å²) in [6, 6.07) is 14.1. The number of benzene rings is 2. The fourth-order valence-corrected chi connectivity index (χ4v) is 4.27. The van der Waals surface area contributed by atoms with Gasteiger partial charge in [0.2, 0.25) is 17.7 Å². The molecule has 9 heteroatoms. The number of fused-ring (bicyclic) bond motifs is 2. The molecule has 3 aromatic rings. The molecule has 3 heterocycles. The average Bonchev–Trinajstić information content (AvgIpc) is 3.14. The molecule has 2 aromatic carbocycles. The molecule has 0 saturated carbocycles. The van der Waals surface area contributed by atoms with Gasteiger partial charge in [0.05, 0.1) is 23.9 Å². The summed E-state index contributed by atoms with van der Waals surface area (Å²) in [5, 5.41) is 9.15. The molecule has 5 rings (SSSR count). The van der Waals surface area contributed by atoms with E-state index >= 15 is 0 Å². The number of aromatic nitrogens is 1. The largest absolute Gasteiger partial charge is 0.376 e. The van der Waals surface area contributed by atoms with Gasteiger partial charge in [0.1, 0.15) is 6.04 Å². The number of piperidine rings is 1. The third kappa shape index (κ3) is 4.00. The monoisotopic (exact) mass is 443 g/mol. The average molecular weight is 443 g/mol. The molecule has 166 valence electrons. The van der Waals surface area contributed by atoms with Crippen LogP contribution in [0.5, 0.6) is 0 Å². The van der Waals surface area contributed by atoms with E-state index in [-0.39, 0.29) is 37.2 Å². The number of hydrogen-bond acceptors (Lipinski definition) is 6. The van der Waals surface area contributed by atoms with E-state index in [1.165, 1.54) is 4.90 Å². The van der Waals surface area contributed by atoms with Gasteiger partial charge in [-0.05, 0) is 30.7 Å². The number of hydrogen-bond donors (Lipinski definition) is 3. The molecule has 1 aromatic heterocycles. The molecule has 2 aliphatic heterocycles. The van der Waals surface area contributed by atoms with Gasteiger partial charge < -0.3 is 15.5 Å². The number of nitrogens with zero attached hydrogens (tertiary/aromatic N) is 2. The molecular formula is C24H21N5O4. The van der Waals surface area contributed by atoms with Crippen molar-refractivity contribution in [1.29, 1.82) is 0 Å². The molecular weight excluding hydrogens is 422 g/mol. The highest BCUT2D eigenvalue weighted by Gasteiger charge is 2.39. The molecule has 9 nitrogen and oxygen atoms in total. The van der Waals surface area contributed by atoms with E-state index in [9.17, 15) is 19.2 Å². The van der Waals surface area contributed by atoms with Gasteiger partial charge in [-0.2, -0.15) is 0 Å². The Morgan fingerprint density at radius 1 is 1.12 bits per heavy atom. The van der Waals surface area contributed by atoms with Gasteiger partial charge in [0.15, 0.2) is 0 Å². The van der Waals surface area contributed by atoms with Gasteiger partial charge in [0.25, 0.3) is 5.91 Å². The summed E-state index contributed by atoms with van der Waals surface area (Å²) in [6.45, 7) is 0.232. The first-order chi connectivity index (χ1) is 16.0. The third-order valence-corrected chi connectivity index (χ3v) is 5.90. The zero-order valence-corrected chi connectivity index (χ0v) is 17.6. The molecule has 4 amide bonds. The molecule has 0 aliphatic carbocycles. The van der Waals surface area contributed by atoms with Crippen LogP contribution in [-0.4, -0.2) is 46.1 Å². The molecule has 1 fully saturated rings. The maximum Gasteiger partial charge on any atom is 0.255 e. The SMILES string of the molecule is O=C1CCC(N2Cc3c(NCC(=O)Nc4cnc5ccccc5c4)cccc3C2=O)C(=O)N1. The zero-order valence-electron chi connectivity index (χ0n) is 17.6. The van der Waals surface area contributed by atoms with Crippen LogP contribution < -0.4 is 16.0 Å².